The van der Waals surface area contributed by atoms with Crippen LogP contribution in [0.25, 0.3) is 10.7 Å². The maximum Gasteiger partial charge on any atom is 0.230 e. The molecule has 0 saturated heterocycles. The quantitative estimate of drug-likeness (QED) is 0.796. The summed E-state index contributed by atoms with van der Waals surface area (Å²) >= 11 is 3.07. The van der Waals surface area contributed by atoms with Crippen LogP contribution in [0.3, 0.4) is 0 Å². The third-order valence-corrected chi connectivity index (χ3v) is 4.65. The van der Waals surface area contributed by atoms with E-state index in [1.807, 2.05) is 22.1 Å². The van der Waals surface area contributed by atoms with Gasteiger partial charge in [0.25, 0.3) is 0 Å². The van der Waals surface area contributed by atoms with E-state index in [0.29, 0.717) is 18.2 Å². The molecule has 0 saturated carbocycles. The van der Waals surface area contributed by atoms with Gasteiger partial charge in [-0.2, -0.15) is 0 Å². The van der Waals surface area contributed by atoms with Crippen molar-refractivity contribution >= 4 is 29.0 Å². The topological polar surface area (TPSA) is 59.8 Å². The lowest BCUT2D eigenvalue weighted by molar-refractivity contribution is -0.118. The van der Waals surface area contributed by atoms with Gasteiger partial charge in [-0.3, -0.25) is 4.79 Å². The summed E-state index contributed by atoms with van der Waals surface area (Å²) in [5.41, 5.74) is 0. The van der Waals surface area contributed by atoms with Crippen LogP contribution in [0.4, 0.5) is 0 Å². The van der Waals surface area contributed by atoms with Gasteiger partial charge in [-0.25, -0.2) is 0 Å². The molecule has 2 aromatic rings. The Kier molecular flexibility index (Phi) is 5.81. The molecule has 2 heterocycles. The molecular weight excluding hydrogens is 304 g/mol. The predicted molar refractivity (Wildman–Crippen MR) is 87.6 cm³/mol. The number of aromatic nitrogens is 3. The maximum atomic E-state index is 11.8. The first-order chi connectivity index (χ1) is 10.1. The Hall–Kier alpha value is -1.34. The average molecular weight is 324 g/mol. The van der Waals surface area contributed by atoms with Gasteiger partial charge < -0.3 is 9.88 Å². The Bertz CT molecular complexity index is 578. The summed E-state index contributed by atoms with van der Waals surface area (Å²) in [5, 5.41) is 14.2. The van der Waals surface area contributed by atoms with Gasteiger partial charge in [0.15, 0.2) is 11.0 Å². The zero-order valence-corrected chi connectivity index (χ0v) is 14.1. The summed E-state index contributed by atoms with van der Waals surface area (Å²) in [7, 11) is 0. The molecule has 0 aliphatic rings. The third kappa shape index (κ3) is 4.31. The number of thiophene rings is 1. The molecule has 0 atom stereocenters. The minimum atomic E-state index is 0.0389. The maximum absolute atomic E-state index is 11.8. The molecule has 0 radical (unpaired) electrons. The second kappa shape index (κ2) is 7.61. The number of nitrogens with one attached hydrogen (secondary N) is 1. The highest BCUT2D eigenvalue weighted by Gasteiger charge is 2.15. The van der Waals surface area contributed by atoms with Crippen LogP contribution in [0.1, 0.15) is 20.8 Å². The summed E-state index contributed by atoms with van der Waals surface area (Å²) in [6.45, 7) is 7.71. The van der Waals surface area contributed by atoms with E-state index >= 15 is 0 Å². The minimum Gasteiger partial charge on any atom is -0.355 e. The highest BCUT2D eigenvalue weighted by Crippen LogP contribution is 2.26. The number of carbonyl (C=O) groups is 1. The van der Waals surface area contributed by atoms with Crippen LogP contribution >= 0.6 is 23.1 Å². The van der Waals surface area contributed by atoms with Crippen LogP contribution in [0.5, 0.6) is 0 Å². The van der Waals surface area contributed by atoms with Gasteiger partial charge in [0.1, 0.15) is 0 Å². The van der Waals surface area contributed by atoms with E-state index in [4.69, 9.17) is 0 Å². The van der Waals surface area contributed by atoms with Crippen molar-refractivity contribution in [3.8, 4) is 10.7 Å². The molecule has 21 heavy (non-hydrogen) atoms. The molecule has 0 bridgehead atoms. The fraction of sp³-hybridized carbons (Fsp3) is 0.500. The second-order valence-corrected chi connectivity index (χ2v) is 6.90. The van der Waals surface area contributed by atoms with Crippen molar-refractivity contribution in [2.75, 3.05) is 12.3 Å². The standard InChI is InChI=1S/C14H20N4OS2/c1-4-18-13(11-6-5-7-20-11)16-17-14(18)21-9-12(19)15-8-10(2)3/h5-7,10H,4,8-9H2,1-3H3,(H,15,19). The first-order valence-corrected chi connectivity index (χ1v) is 8.85. The molecule has 0 fully saturated rings. The Morgan fingerprint density at radius 1 is 1.48 bits per heavy atom. The van der Waals surface area contributed by atoms with Crippen molar-refractivity contribution in [1.29, 1.82) is 0 Å². The van der Waals surface area contributed by atoms with Crippen LogP contribution in [-0.2, 0) is 11.3 Å². The minimum absolute atomic E-state index is 0.0389. The fourth-order valence-electron chi connectivity index (χ4n) is 1.77. The summed E-state index contributed by atoms with van der Waals surface area (Å²) in [6, 6.07) is 4.03. The highest BCUT2D eigenvalue weighted by molar-refractivity contribution is 7.99. The molecular formula is C14H20N4OS2. The first kappa shape index (κ1) is 16.0. The molecule has 5 nitrogen and oxygen atoms in total. The van der Waals surface area contributed by atoms with Gasteiger partial charge in [0, 0.05) is 13.1 Å². The van der Waals surface area contributed by atoms with Crippen molar-refractivity contribution in [3.63, 3.8) is 0 Å². The van der Waals surface area contributed by atoms with Crippen LogP contribution in [0, 0.1) is 5.92 Å². The number of hydrogen-bond acceptors (Lipinski definition) is 5. The molecule has 1 N–H and O–H groups in total. The summed E-state index contributed by atoms with van der Waals surface area (Å²) in [5.74, 6) is 1.74. The molecule has 7 heteroatoms. The first-order valence-electron chi connectivity index (χ1n) is 6.98. The highest BCUT2D eigenvalue weighted by atomic mass is 32.2. The molecule has 2 aromatic heterocycles. The SMILES string of the molecule is CCn1c(SCC(=O)NCC(C)C)nnc1-c1cccs1. The Balaban J connectivity index is 1.99. The molecule has 114 valence electrons. The van der Waals surface area contributed by atoms with Gasteiger partial charge in [0.2, 0.25) is 5.91 Å². The van der Waals surface area contributed by atoms with Crippen molar-refractivity contribution < 1.29 is 4.79 Å². The smallest absolute Gasteiger partial charge is 0.230 e. The van der Waals surface area contributed by atoms with Crippen LogP contribution in [0.2, 0.25) is 0 Å². The van der Waals surface area contributed by atoms with Gasteiger partial charge in [-0.15, -0.1) is 21.5 Å². The number of rotatable bonds is 7. The Morgan fingerprint density at radius 3 is 2.90 bits per heavy atom. The molecule has 0 aliphatic carbocycles. The van der Waals surface area contributed by atoms with E-state index in [1.165, 1.54) is 11.8 Å². The van der Waals surface area contributed by atoms with E-state index in [1.54, 1.807) is 11.3 Å². The van der Waals surface area contributed by atoms with Gasteiger partial charge >= 0.3 is 0 Å². The van der Waals surface area contributed by atoms with Crippen molar-refractivity contribution in [2.45, 2.75) is 32.5 Å². The van der Waals surface area contributed by atoms with E-state index in [0.717, 1.165) is 22.4 Å². The van der Waals surface area contributed by atoms with Crippen LogP contribution in [0.15, 0.2) is 22.7 Å². The van der Waals surface area contributed by atoms with E-state index in [-0.39, 0.29) is 5.91 Å². The second-order valence-electron chi connectivity index (χ2n) is 5.01. The predicted octanol–water partition coefficient (Wildman–Crippen LogP) is 2.89. The van der Waals surface area contributed by atoms with Crippen molar-refractivity contribution in [3.05, 3.63) is 17.5 Å². The zero-order valence-electron chi connectivity index (χ0n) is 12.5. The number of thioether (sulfide) groups is 1. The monoisotopic (exact) mass is 324 g/mol. The van der Waals surface area contributed by atoms with Crippen molar-refractivity contribution in [1.82, 2.24) is 20.1 Å². The molecule has 1 amide bonds. The lowest BCUT2D eigenvalue weighted by atomic mass is 10.2. The molecule has 0 aliphatic heterocycles. The summed E-state index contributed by atoms with van der Waals surface area (Å²) in [6.07, 6.45) is 0. The fourth-order valence-corrected chi connectivity index (χ4v) is 3.32. The van der Waals surface area contributed by atoms with Crippen LogP contribution < -0.4 is 5.32 Å². The van der Waals surface area contributed by atoms with E-state index in [9.17, 15) is 4.79 Å². The lowest BCUT2D eigenvalue weighted by Crippen LogP contribution is -2.28. The van der Waals surface area contributed by atoms with Crippen LogP contribution in [-0.4, -0.2) is 33.0 Å². The average Bonchev–Trinajstić information content (AvgIpc) is 3.10. The number of carbonyl (C=O) groups excluding carboxylic acids is 1. The molecule has 0 unspecified atom stereocenters. The van der Waals surface area contributed by atoms with Gasteiger partial charge in [-0.1, -0.05) is 31.7 Å². The number of amides is 1. The molecule has 0 spiro atoms. The largest absolute Gasteiger partial charge is 0.355 e. The molecule has 2 rings (SSSR count). The number of nitrogens with zero attached hydrogens (tertiary/aromatic N) is 3. The zero-order chi connectivity index (χ0) is 15.2. The Labute approximate surface area is 133 Å². The normalized spacial score (nSPS) is 11.0. The number of hydrogen-bond donors (Lipinski definition) is 1. The summed E-state index contributed by atoms with van der Waals surface area (Å²) in [4.78, 5) is 12.9. The van der Waals surface area contributed by atoms with Crippen molar-refractivity contribution in [2.24, 2.45) is 5.92 Å². The Morgan fingerprint density at radius 2 is 2.29 bits per heavy atom. The van der Waals surface area contributed by atoms with E-state index < -0.39 is 0 Å². The van der Waals surface area contributed by atoms with E-state index in [2.05, 4.69) is 36.3 Å². The van der Waals surface area contributed by atoms with Gasteiger partial charge in [0.05, 0.1) is 10.6 Å². The lowest BCUT2D eigenvalue weighted by Gasteiger charge is -2.08. The van der Waals surface area contributed by atoms with Gasteiger partial charge in [-0.05, 0) is 24.3 Å². The molecule has 0 aromatic carbocycles. The third-order valence-electron chi connectivity index (χ3n) is 2.81. The summed E-state index contributed by atoms with van der Waals surface area (Å²) < 4.78 is 2.05.